The molecule has 5 rings (SSSR count). The van der Waals surface area contributed by atoms with E-state index in [1.807, 2.05) is 85.9 Å². The van der Waals surface area contributed by atoms with Crippen molar-refractivity contribution in [3.05, 3.63) is 107 Å². The minimum Gasteiger partial charge on any atom is -0.460 e. The highest BCUT2D eigenvalue weighted by molar-refractivity contribution is 6.30. The van der Waals surface area contributed by atoms with E-state index in [0.717, 1.165) is 38.8 Å². The largest absolute Gasteiger partial charge is 0.460 e. The average molecular weight is 472 g/mol. The maximum Gasteiger partial charge on any atom is 0.240 e. The van der Waals surface area contributed by atoms with E-state index in [-0.39, 0.29) is 5.91 Å². The number of para-hydroxylation sites is 2. The zero-order valence-corrected chi connectivity index (χ0v) is 19.7. The fourth-order valence-electron chi connectivity index (χ4n) is 4.27. The predicted octanol–water partition coefficient (Wildman–Crippen LogP) is 5.97. The molecule has 5 aromatic rings. The van der Waals surface area contributed by atoms with E-state index in [1.165, 1.54) is 0 Å². The SMILES string of the molecule is CC(Cc1c[nH]c2ccccc12)(NCc1cc2ccccc2o1)C(=O)NCc1ccc(Cl)cc1. The number of aromatic nitrogens is 1. The van der Waals surface area contributed by atoms with Crippen molar-refractivity contribution in [1.29, 1.82) is 0 Å². The van der Waals surface area contributed by atoms with E-state index in [1.54, 1.807) is 0 Å². The molecule has 2 aromatic heterocycles. The first-order chi connectivity index (χ1) is 16.5. The Morgan fingerprint density at radius 3 is 2.59 bits per heavy atom. The Morgan fingerprint density at radius 1 is 1.00 bits per heavy atom. The number of fused-ring (bicyclic) bond motifs is 2. The molecule has 0 aliphatic heterocycles. The minimum atomic E-state index is -0.865. The summed E-state index contributed by atoms with van der Waals surface area (Å²) in [6.45, 7) is 2.79. The Labute approximate surface area is 203 Å². The Bertz CT molecular complexity index is 1400. The van der Waals surface area contributed by atoms with Gasteiger partial charge in [-0.25, -0.2) is 0 Å². The number of aromatic amines is 1. The normalized spacial score (nSPS) is 13.2. The number of benzene rings is 3. The molecule has 0 aliphatic carbocycles. The molecule has 1 amide bonds. The maximum atomic E-state index is 13.5. The molecule has 0 saturated heterocycles. The second-order valence-electron chi connectivity index (χ2n) is 8.78. The summed E-state index contributed by atoms with van der Waals surface area (Å²) in [6, 6.07) is 25.5. The third-order valence-electron chi connectivity index (χ3n) is 6.22. The van der Waals surface area contributed by atoms with Crippen LogP contribution in [0.25, 0.3) is 21.9 Å². The van der Waals surface area contributed by atoms with Crippen LogP contribution in [0.3, 0.4) is 0 Å². The molecule has 0 saturated carbocycles. The van der Waals surface area contributed by atoms with Gasteiger partial charge in [0, 0.05) is 40.5 Å². The first-order valence-electron chi connectivity index (χ1n) is 11.3. The summed E-state index contributed by atoms with van der Waals surface area (Å²) in [6.07, 6.45) is 2.50. The molecule has 0 fully saturated rings. The second kappa shape index (κ2) is 9.37. The van der Waals surface area contributed by atoms with Crippen LogP contribution in [0.1, 0.15) is 23.8 Å². The first-order valence-corrected chi connectivity index (χ1v) is 11.7. The Morgan fingerprint density at radius 2 is 1.76 bits per heavy atom. The molecule has 1 unspecified atom stereocenters. The molecule has 172 valence electrons. The molecule has 3 aromatic carbocycles. The molecule has 1 atom stereocenters. The molecule has 0 radical (unpaired) electrons. The molecule has 2 heterocycles. The van der Waals surface area contributed by atoms with E-state index < -0.39 is 5.54 Å². The highest BCUT2D eigenvalue weighted by atomic mass is 35.5. The van der Waals surface area contributed by atoms with Crippen molar-refractivity contribution in [2.45, 2.75) is 32.0 Å². The third kappa shape index (κ3) is 4.72. The number of halogens is 1. The lowest BCUT2D eigenvalue weighted by Gasteiger charge is -2.29. The van der Waals surface area contributed by atoms with Gasteiger partial charge in [-0.05, 0) is 48.4 Å². The van der Waals surface area contributed by atoms with Crippen LogP contribution < -0.4 is 10.6 Å². The first kappa shape index (κ1) is 22.3. The zero-order chi connectivity index (χ0) is 23.5. The van der Waals surface area contributed by atoms with Gasteiger partial charge in [-0.3, -0.25) is 10.1 Å². The number of furan rings is 1. The van der Waals surface area contributed by atoms with Crippen LogP contribution in [0.2, 0.25) is 5.02 Å². The van der Waals surface area contributed by atoms with Crippen molar-refractivity contribution in [3.8, 4) is 0 Å². The zero-order valence-electron chi connectivity index (χ0n) is 18.9. The van der Waals surface area contributed by atoms with Crippen molar-refractivity contribution in [1.82, 2.24) is 15.6 Å². The lowest BCUT2D eigenvalue weighted by atomic mass is 9.91. The van der Waals surface area contributed by atoms with Crippen molar-refractivity contribution in [3.63, 3.8) is 0 Å². The van der Waals surface area contributed by atoms with Crippen LogP contribution in [0.15, 0.2) is 89.5 Å². The van der Waals surface area contributed by atoms with E-state index in [2.05, 4.69) is 21.7 Å². The van der Waals surface area contributed by atoms with Gasteiger partial charge in [0.2, 0.25) is 5.91 Å². The van der Waals surface area contributed by atoms with E-state index in [9.17, 15) is 4.79 Å². The smallest absolute Gasteiger partial charge is 0.240 e. The van der Waals surface area contributed by atoms with Crippen molar-refractivity contribution < 1.29 is 9.21 Å². The molecule has 34 heavy (non-hydrogen) atoms. The molecule has 6 heteroatoms. The standard InChI is InChI=1S/C28H26ClN3O2/c1-28(15-21-17-30-25-8-4-3-7-24(21)25,27(33)31-16-19-10-12-22(29)13-11-19)32-18-23-14-20-6-2-5-9-26(20)34-23/h2-14,17,30,32H,15-16,18H2,1H3,(H,31,33). The fourth-order valence-corrected chi connectivity index (χ4v) is 4.39. The monoisotopic (exact) mass is 471 g/mol. The van der Waals surface area contributed by atoms with Gasteiger partial charge in [0.15, 0.2) is 0 Å². The topological polar surface area (TPSA) is 70.1 Å². The van der Waals surface area contributed by atoms with Crippen LogP contribution in [0.5, 0.6) is 0 Å². The number of hydrogen-bond donors (Lipinski definition) is 3. The summed E-state index contributed by atoms with van der Waals surface area (Å²) in [5.41, 5.74) is 3.10. The average Bonchev–Trinajstić information content (AvgIpc) is 3.46. The molecule has 5 nitrogen and oxygen atoms in total. The quantitative estimate of drug-likeness (QED) is 0.261. The van der Waals surface area contributed by atoms with E-state index in [4.69, 9.17) is 16.0 Å². The summed E-state index contributed by atoms with van der Waals surface area (Å²) in [5.74, 6) is 0.709. The van der Waals surface area contributed by atoms with Gasteiger partial charge in [0.25, 0.3) is 0 Å². The summed E-state index contributed by atoms with van der Waals surface area (Å²) in [5, 5.41) is 9.41. The fraction of sp³-hybridized carbons (Fsp3) is 0.179. The summed E-state index contributed by atoms with van der Waals surface area (Å²) in [4.78, 5) is 16.8. The van der Waals surface area contributed by atoms with Crippen molar-refractivity contribution >= 4 is 39.4 Å². The highest BCUT2D eigenvalue weighted by Gasteiger charge is 2.34. The van der Waals surface area contributed by atoms with Gasteiger partial charge in [0.05, 0.1) is 12.1 Å². The predicted molar refractivity (Wildman–Crippen MR) is 137 cm³/mol. The van der Waals surface area contributed by atoms with Crippen LogP contribution >= 0.6 is 11.6 Å². The van der Waals surface area contributed by atoms with Gasteiger partial charge < -0.3 is 14.7 Å². The van der Waals surface area contributed by atoms with Crippen LogP contribution in [-0.2, 0) is 24.3 Å². The number of amides is 1. The Balaban J connectivity index is 1.38. The Kier molecular flexibility index (Phi) is 6.14. The molecule has 0 spiro atoms. The van der Waals surface area contributed by atoms with Crippen molar-refractivity contribution in [2.75, 3.05) is 0 Å². The molecular formula is C28H26ClN3O2. The van der Waals surface area contributed by atoms with Crippen LogP contribution in [0.4, 0.5) is 0 Å². The Hall–Kier alpha value is -3.54. The van der Waals surface area contributed by atoms with Gasteiger partial charge in [0.1, 0.15) is 11.3 Å². The molecule has 0 aliphatic rings. The molecule has 3 N–H and O–H groups in total. The molecule has 0 bridgehead atoms. The minimum absolute atomic E-state index is 0.0798. The summed E-state index contributed by atoms with van der Waals surface area (Å²) < 4.78 is 5.98. The number of hydrogen-bond acceptors (Lipinski definition) is 3. The summed E-state index contributed by atoms with van der Waals surface area (Å²) in [7, 11) is 0. The maximum absolute atomic E-state index is 13.5. The van der Waals surface area contributed by atoms with Crippen LogP contribution in [0, 0.1) is 0 Å². The third-order valence-corrected chi connectivity index (χ3v) is 6.47. The number of rotatable bonds is 8. The number of nitrogens with one attached hydrogen (secondary N) is 3. The van der Waals surface area contributed by atoms with Crippen LogP contribution in [-0.4, -0.2) is 16.4 Å². The summed E-state index contributed by atoms with van der Waals surface area (Å²) >= 11 is 5.99. The lowest BCUT2D eigenvalue weighted by molar-refractivity contribution is -0.127. The molecular weight excluding hydrogens is 446 g/mol. The second-order valence-corrected chi connectivity index (χ2v) is 9.22. The van der Waals surface area contributed by atoms with Gasteiger partial charge >= 0.3 is 0 Å². The lowest BCUT2D eigenvalue weighted by Crippen LogP contribution is -2.55. The highest BCUT2D eigenvalue weighted by Crippen LogP contribution is 2.24. The van der Waals surface area contributed by atoms with Gasteiger partial charge in [-0.2, -0.15) is 0 Å². The van der Waals surface area contributed by atoms with E-state index in [0.29, 0.717) is 24.5 Å². The van der Waals surface area contributed by atoms with Crippen molar-refractivity contribution in [2.24, 2.45) is 0 Å². The number of carbonyl (C=O) groups is 1. The van der Waals surface area contributed by atoms with Gasteiger partial charge in [-0.1, -0.05) is 60.1 Å². The number of carbonyl (C=O) groups excluding carboxylic acids is 1. The van der Waals surface area contributed by atoms with E-state index >= 15 is 0 Å². The van der Waals surface area contributed by atoms with Gasteiger partial charge in [-0.15, -0.1) is 0 Å². The number of H-pyrrole nitrogens is 1.